The third-order valence-corrected chi connectivity index (χ3v) is 3.42. The van der Waals surface area contributed by atoms with Crippen molar-refractivity contribution in [2.24, 2.45) is 10.8 Å². The highest BCUT2D eigenvalue weighted by Crippen LogP contribution is 2.21. The van der Waals surface area contributed by atoms with Crippen molar-refractivity contribution in [2.45, 2.75) is 32.1 Å². The molecule has 5 heteroatoms. The van der Waals surface area contributed by atoms with Gasteiger partial charge >= 0.3 is 0 Å². The quantitative estimate of drug-likeness (QED) is 0.812. The Morgan fingerprint density at radius 1 is 1.32 bits per heavy atom. The van der Waals surface area contributed by atoms with E-state index in [9.17, 15) is 4.79 Å². The molecule has 0 saturated heterocycles. The number of carbonyl (C=O) groups is 1. The third-order valence-electron chi connectivity index (χ3n) is 3.19. The number of rotatable bonds is 5. The molecule has 3 N–H and O–H groups in total. The summed E-state index contributed by atoms with van der Waals surface area (Å²) in [6.45, 7) is 0.708. The Bertz CT molecular complexity index is 499. The molecule has 0 unspecified atom stereocenters. The van der Waals surface area contributed by atoms with Crippen LogP contribution in [-0.2, 0) is 11.2 Å². The predicted molar refractivity (Wildman–Crippen MR) is 77.4 cm³/mol. The summed E-state index contributed by atoms with van der Waals surface area (Å²) < 4.78 is 0. The fraction of sp³-hybridized carbons (Fsp3) is 0.429. The summed E-state index contributed by atoms with van der Waals surface area (Å²) in [7, 11) is 0. The van der Waals surface area contributed by atoms with Gasteiger partial charge in [-0.25, -0.2) is 5.43 Å². The molecule has 0 aromatic heterocycles. The van der Waals surface area contributed by atoms with Crippen LogP contribution in [0.1, 0.15) is 36.8 Å². The van der Waals surface area contributed by atoms with Gasteiger partial charge in [0.15, 0.2) is 0 Å². The molecule has 1 amide bonds. The highest BCUT2D eigenvalue weighted by atomic mass is 35.5. The minimum atomic E-state index is -0.0320. The van der Waals surface area contributed by atoms with E-state index in [-0.39, 0.29) is 5.91 Å². The molecule has 0 atom stereocenters. The van der Waals surface area contributed by atoms with Gasteiger partial charge in [0.1, 0.15) is 0 Å². The first-order chi connectivity index (χ1) is 9.20. The van der Waals surface area contributed by atoms with Gasteiger partial charge in [0.25, 0.3) is 0 Å². The van der Waals surface area contributed by atoms with Crippen LogP contribution >= 0.6 is 11.6 Å². The van der Waals surface area contributed by atoms with Gasteiger partial charge in [0.2, 0.25) is 5.91 Å². The maximum atomic E-state index is 11.1. The SMILES string of the molecule is NCCCCc1ccc(Cl)cc1C1=NNC(=O)CC1. The van der Waals surface area contributed by atoms with Crippen LogP contribution < -0.4 is 11.2 Å². The number of carbonyl (C=O) groups excluding carboxylic acids is 1. The van der Waals surface area contributed by atoms with Gasteiger partial charge < -0.3 is 5.73 Å². The van der Waals surface area contributed by atoms with Crippen LogP contribution in [0.3, 0.4) is 0 Å². The van der Waals surface area contributed by atoms with E-state index in [1.807, 2.05) is 18.2 Å². The molecule has 19 heavy (non-hydrogen) atoms. The molecule has 0 bridgehead atoms. The van der Waals surface area contributed by atoms with Crippen LogP contribution in [0.25, 0.3) is 0 Å². The minimum Gasteiger partial charge on any atom is -0.330 e. The molecule has 1 heterocycles. The lowest BCUT2D eigenvalue weighted by atomic mass is 9.95. The maximum absolute atomic E-state index is 11.1. The van der Waals surface area contributed by atoms with Crippen molar-refractivity contribution in [3.8, 4) is 0 Å². The second kappa shape index (κ2) is 6.68. The average Bonchev–Trinajstić information content (AvgIpc) is 2.41. The lowest BCUT2D eigenvalue weighted by molar-refractivity contribution is -0.121. The summed E-state index contributed by atoms with van der Waals surface area (Å²) >= 11 is 6.06. The first-order valence-corrected chi connectivity index (χ1v) is 6.93. The summed E-state index contributed by atoms with van der Waals surface area (Å²) in [6, 6.07) is 5.85. The van der Waals surface area contributed by atoms with Gasteiger partial charge in [0.05, 0.1) is 5.71 Å². The zero-order valence-corrected chi connectivity index (χ0v) is 11.5. The second-order valence-corrected chi connectivity index (χ2v) is 5.08. The Hall–Kier alpha value is -1.39. The van der Waals surface area contributed by atoms with E-state index in [0.717, 1.165) is 30.5 Å². The number of hydrogen-bond donors (Lipinski definition) is 2. The predicted octanol–water partition coefficient (Wildman–Crippen LogP) is 2.24. The van der Waals surface area contributed by atoms with Crippen molar-refractivity contribution >= 4 is 23.2 Å². The van der Waals surface area contributed by atoms with Gasteiger partial charge in [-0.1, -0.05) is 17.7 Å². The molecule has 1 aromatic rings. The lowest BCUT2D eigenvalue weighted by Gasteiger charge is -2.16. The Morgan fingerprint density at radius 2 is 2.16 bits per heavy atom. The number of unbranched alkanes of at least 4 members (excludes halogenated alkanes) is 1. The number of halogens is 1. The fourth-order valence-electron chi connectivity index (χ4n) is 2.16. The van der Waals surface area contributed by atoms with E-state index >= 15 is 0 Å². The fourth-order valence-corrected chi connectivity index (χ4v) is 2.34. The molecule has 0 fully saturated rings. The van der Waals surface area contributed by atoms with Gasteiger partial charge in [0, 0.05) is 23.4 Å². The standard InChI is InChI=1S/C14H18ClN3O/c15-11-5-4-10(3-1-2-8-16)12(9-11)13-6-7-14(19)18-17-13/h4-5,9H,1-3,6-8,16H2,(H,18,19). The Labute approximate surface area is 118 Å². The van der Waals surface area contributed by atoms with E-state index in [1.165, 1.54) is 5.56 Å². The number of hydrogen-bond acceptors (Lipinski definition) is 3. The largest absolute Gasteiger partial charge is 0.330 e. The van der Waals surface area contributed by atoms with Crippen LogP contribution in [0.15, 0.2) is 23.3 Å². The van der Waals surface area contributed by atoms with E-state index in [0.29, 0.717) is 24.4 Å². The third kappa shape index (κ3) is 3.78. The number of benzene rings is 1. The molecule has 2 rings (SSSR count). The second-order valence-electron chi connectivity index (χ2n) is 4.64. The van der Waals surface area contributed by atoms with Crippen LogP contribution in [0.4, 0.5) is 0 Å². The molecule has 0 spiro atoms. The Balaban J connectivity index is 2.22. The number of nitrogens with zero attached hydrogens (tertiary/aromatic N) is 1. The summed E-state index contributed by atoms with van der Waals surface area (Å²) in [5.41, 5.74) is 11.2. The number of aryl methyl sites for hydroxylation is 1. The van der Waals surface area contributed by atoms with E-state index in [2.05, 4.69) is 10.5 Å². The first kappa shape index (κ1) is 14.0. The molecular formula is C14H18ClN3O. The van der Waals surface area contributed by atoms with E-state index in [1.54, 1.807) is 0 Å². The van der Waals surface area contributed by atoms with E-state index in [4.69, 9.17) is 17.3 Å². The smallest absolute Gasteiger partial charge is 0.240 e. The zero-order valence-electron chi connectivity index (χ0n) is 10.8. The lowest BCUT2D eigenvalue weighted by Crippen LogP contribution is -2.26. The molecule has 1 aromatic carbocycles. The highest BCUT2D eigenvalue weighted by Gasteiger charge is 2.16. The molecule has 0 radical (unpaired) electrons. The van der Waals surface area contributed by atoms with Crippen molar-refractivity contribution in [2.75, 3.05) is 6.54 Å². The average molecular weight is 280 g/mol. The Morgan fingerprint density at radius 3 is 2.84 bits per heavy atom. The van der Waals surface area contributed by atoms with Gasteiger partial charge in [-0.3, -0.25) is 4.79 Å². The van der Waals surface area contributed by atoms with Crippen molar-refractivity contribution < 1.29 is 4.79 Å². The number of hydrazone groups is 1. The normalized spacial score (nSPS) is 15.1. The molecule has 102 valence electrons. The van der Waals surface area contributed by atoms with Crippen LogP contribution in [0.2, 0.25) is 5.02 Å². The Kier molecular flexibility index (Phi) is 4.93. The maximum Gasteiger partial charge on any atom is 0.240 e. The molecule has 1 aliphatic heterocycles. The number of amides is 1. The first-order valence-electron chi connectivity index (χ1n) is 6.55. The number of nitrogens with two attached hydrogens (primary N) is 1. The monoisotopic (exact) mass is 279 g/mol. The van der Waals surface area contributed by atoms with Crippen LogP contribution in [0.5, 0.6) is 0 Å². The molecular weight excluding hydrogens is 262 g/mol. The van der Waals surface area contributed by atoms with E-state index < -0.39 is 0 Å². The van der Waals surface area contributed by atoms with Gasteiger partial charge in [-0.15, -0.1) is 0 Å². The summed E-state index contributed by atoms with van der Waals surface area (Å²) in [6.07, 6.45) is 4.15. The summed E-state index contributed by atoms with van der Waals surface area (Å²) in [5, 5.41) is 4.84. The topological polar surface area (TPSA) is 67.5 Å². The molecule has 0 saturated carbocycles. The summed E-state index contributed by atoms with van der Waals surface area (Å²) in [4.78, 5) is 11.1. The van der Waals surface area contributed by atoms with Crippen molar-refractivity contribution in [1.82, 2.24) is 5.43 Å². The number of nitrogens with one attached hydrogen (secondary N) is 1. The van der Waals surface area contributed by atoms with Crippen LogP contribution in [0, 0.1) is 0 Å². The molecule has 4 nitrogen and oxygen atoms in total. The zero-order chi connectivity index (χ0) is 13.7. The highest BCUT2D eigenvalue weighted by molar-refractivity contribution is 6.31. The molecule has 1 aliphatic rings. The van der Waals surface area contributed by atoms with Gasteiger partial charge in [-0.05, 0) is 43.5 Å². The van der Waals surface area contributed by atoms with Gasteiger partial charge in [-0.2, -0.15) is 5.10 Å². The van der Waals surface area contributed by atoms with Crippen LogP contribution in [-0.4, -0.2) is 18.2 Å². The van der Waals surface area contributed by atoms with Crippen molar-refractivity contribution in [1.29, 1.82) is 0 Å². The minimum absolute atomic E-state index is 0.0320. The van der Waals surface area contributed by atoms with Crippen molar-refractivity contribution in [3.63, 3.8) is 0 Å². The van der Waals surface area contributed by atoms with Crippen molar-refractivity contribution in [3.05, 3.63) is 34.3 Å². The molecule has 0 aliphatic carbocycles. The summed E-state index contributed by atoms with van der Waals surface area (Å²) in [5.74, 6) is -0.0320.